The number of methoxy groups -OCH3 is 1. The van der Waals surface area contributed by atoms with E-state index in [0.717, 1.165) is 0 Å². The van der Waals surface area contributed by atoms with E-state index in [-0.39, 0.29) is 6.42 Å². The van der Waals surface area contributed by atoms with Gasteiger partial charge >= 0.3 is 5.97 Å². The minimum absolute atomic E-state index is 0.103. The molecular weight excluding hydrogens is 210 g/mol. The maximum atomic E-state index is 11.1. The quantitative estimate of drug-likeness (QED) is 0.759. The lowest BCUT2D eigenvalue weighted by atomic mass is 10.1. The summed E-state index contributed by atoms with van der Waals surface area (Å²) < 4.78 is 9.72. The molecule has 0 aromatic carbocycles. The summed E-state index contributed by atoms with van der Waals surface area (Å²) in [5.74, 6) is 0.146. The van der Waals surface area contributed by atoms with Crippen LogP contribution in [-0.4, -0.2) is 29.8 Å². The van der Waals surface area contributed by atoms with E-state index in [1.807, 2.05) is 0 Å². The lowest BCUT2D eigenvalue weighted by molar-refractivity contribution is -0.145. The Kier molecular flexibility index (Phi) is 4.72. The summed E-state index contributed by atoms with van der Waals surface area (Å²) in [6, 6.07) is 3.25. The fourth-order valence-electron chi connectivity index (χ4n) is 1.22. The Morgan fingerprint density at radius 1 is 1.62 bits per heavy atom. The first-order valence-electron chi connectivity index (χ1n) is 5.01. The van der Waals surface area contributed by atoms with Crippen molar-refractivity contribution in [2.24, 2.45) is 0 Å². The number of hydrogen-bond donors (Lipinski definition) is 1. The Morgan fingerprint density at radius 2 is 2.38 bits per heavy atom. The van der Waals surface area contributed by atoms with Gasteiger partial charge in [0, 0.05) is 12.3 Å². The molecule has 16 heavy (non-hydrogen) atoms. The van der Waals surface area contributed by atoms with E-state index in [4.69, 9.17) is 9.47 Å². The third-order valence-electron chi connectivity index (χ3n) is 2.00. The van der Waals surface area contributed by atoms with Gasteiger partial charge in [0.05, 0.1) is 25.8 Å². The molecule has 0 saturated carbocycles. The van der Waals surface area contributed by atoms with E-state index in [1.54, 1.807) is 19.1 Å². The van der Waals surface area contributed by atoms with Crippen molar-refractivity contribution in [2.45, 2.75) is 19.4 Å². The van der Waals surface area contributed by atoms with Crippen LogP contribution >= 0.6 is 0 Å². The minimum atomic E-state index is -0.964. The molecule has 0 radical (unpaired) electrons. The first-order valence-corrected chi connectivity index (χ1v) is 5.01. The molecule has 5 nitrogen and oxygen atoms in total. The van der Waals surface area contributed by atoms with Crippen molar-refractivity contribution in [2.75, 3.05) is 13.7 Å². The van der Waals surface area contributed by atoms with Crippen molar-refractivity contribution in [1.29, 1.82) is 0 Å². The Bertz CT molecular complexity index is 354. The first-order chi connectivity index (χ1) is 7.67. The van der Waals surface area contributed by atoms with Gasteiger partial charge in [0.15, 0.2) is 0 Å². The molecule has 0 aliphatic heterocycles. The molecule has 0 amide bonds. The van der Waals surface area contributed by atoms with E-state index in [9.17, 15) is 9.90 Å². The van der Waals surface area contributed by atoms with Gasteiger partial charge in [-0.1, -0.05) is 0 Å². The molecule has 0 aliphatic rings. The molecule has 88 valence electrons. The van der Waals surface area contributed by atoms with Crippen LogP contribution in [0.3, 0.4) is 0 Å². The zero-order valence-electron chi connectivity index (χ0n) is 9.34. The number of aliphatic hydroxyl groups excluding tert-OH is 1. The van der Waals surface area contributed by atoms with Gasteiger partial charge in [-0.05, 0) is 13.0 Å². The molecule has 1 N–H and O–H groups in total. The van der Waals surface area contributed by atoms with E-state index >= 15 is 0 Å². The van der Waals surface area contributed by atoms with E-state index in [0.29, 0.717) is 18.1 Å². The molecule has 0 saturated heterocycles. The zero-order valence-corrected chi connectivity index (χ0v) is 9.34. The van der Waals surface area contributed by atoms with Gasteiger partial charge < -0.3 is 14.6 Å². The Hall–Kier alpha value is -1.62. The number of pyridine rings is 1. The molecule has 1 heterocycles. The van der Waals surface area contributed by atoms with Gasteiger partial charge in [0.25, 0.3) is 0 Å². The number of aliphatic hydroxyl groups is 1. The number of ether oxygens (including phenoxy) is 2. The van der Waals surface area contributed by atoms with Crippen LogP contribution in [-0.2, 0) is 9.53 Å². The lowest BCUT2D eigenvalue weighted by Gasteiger charge is -2.10. The Labute approximate surface area is 94.0 Å². The molecule has 0 bridgehead atoms. The summed E-state index contributed by atoms with van der Waals surface area (Å²) in [6.07, 6.45) is 0.449. The molecule has 1 atom stereocenters. The van der Waals surface area contributed by atoms with Crippen LogP contribution in [0.1, 0.15) is 25.1 Å². The average Bonchev–Trinajstić information content (AvgIpc) is 2.29. The van der Waals surface area contributed by atoms with E-state index in [2.05, 4.69) is 4.98 Å². The Balaban J connectivity index is 2.64. The van der Waals surface area contributed by atoms with Crippen LogP contribution in [0.5, 0.6) is 5.75 Å². The molecule has 0 aliphatic carbocycles. The predicted octanol–water partition coefficient (Wildman–Crippen LogP) is 1.08. The van der Waals surface area contributed by atoms with Crippen LogP contribution in [0.2, 0.25) is 0 Å². The summed E-state index contributed by atoms with van der Waals surface area (Å²) in [4.78, 5) is 15.1. The molecule has 1 unspecified atom stereocenters. The van der Waals surface area contributed by atoms with E-state index in [1.165, 1.54) is 13.3 Å². The fourth-order valence-corrected chi connectivity index (χ4v) is 1.22. The van der Waals surface area contributed by atoms with Gasteiger partial charge in [-0.3, -0.25) is 9.78 Å². The third-order valence-corrected chi connectivity index (χ3v) is 2.00. The fraction of sp³-hybridized carbons (Fsp3) is 0.455. The highest BCUT2D eigenvalue weighted by atomic mass is 16.5. The van der Waals surface area contributed by atoms with E-state index < -0.39 is 12.1 Å². The highest BCUT2D eigenvalue weighted by Crippen LogP contribution is 2.19. The predicted molar refractivity (Wildman–Crippen MR) is 57.0 cm³/mol. The number of nitrogens with zero attached hydrogens (tertiary/aromatic N) is 1. The number of hydrogen-bond acceptors (Lipinski definition) is 5. The van der Waals surface area contributed by atoms with Crippen molar-refractivity contribution >= 4 is 5.97 Å². The normalized spacial score (nSPS) is 11.9. The van der Waals surface area contributed by atoms with Crippen molar-refractivity contribution in [3.05, 3.63) is 24.0 Å². The molecule has 1 aromatic rings. The highest BCUT2D eigenvalue weighted by Gasteiger charge is 2.15. The van der Waals surface area contributed by atoms with Gasteiger partial charge in [-0.25, -0.2) is 0 Å². The molecule has 1 rings (SSSR count). The minimum Gasteiger partial charge on any atom is -0.497 e. The first kappa shape index (κ1) is 12.4. The second-order valence-corrected chi connectivity index (χ2v) is 3.15. The van der Waals surface area contributed by atoms with Crippen LogP contribution in [0, 0.1) is 0 Å². The zero-order chi connectivity index (χ0) is 12.0. The van der Waals surface area contributed by atoms with Crippen LogP contribution in [0.25, 0.3) is 0 Å². The van der Waals surface area contributed by atoms with Gasteiger partial charge in [0.2, 0.25) is 0 Å². The topological polar surface area (TPSA) is 68.7 Å². The van der Waals surface area contributed by atoms with Crippen molar-refractivity contribution in [3.8, 4) is 5.75 Å². The molecule has 1 aromatic heterocycles. The second kappa shape index (κ2) is 6.07. The molecular formula is C11H15NO4. The number of carbonyl (C=O) groups is 1. The SMILES string of the molecule is CCOC(=O)CC(O)c1cc(OC)ccn1. The third kappa shape index (κ3) is 3.51. The van der Waals surface area contributed by atoms with Crippen molar-refractivity contribution in [3.63, 3.8) is 0 Å². The van der Waals surface area contributed by atoms with Crippen LogP contribution < -0.4 is 4.74 Å². The van der Waals surface area contributed by atoms with Crippen molar-refractivity contribution < 1.29 is 19.4 Å². The largest absolute Gasteiger partial charge is 0.497 e. The molecule has 0 fully saturated rings. The maximum absolute atomic E-state index is 11.1. The van der Waals surface area contributed by atoms with Gasteiger partial charge in [-0.2, -0.15) is 0 Å². The van der Waals surface area contributed by atoms with Crippen LogP contribution in [0.4, 0.5) is 0 Å². The summed E-state index contributed by atoms with van der Waals surface area (Å²) >= 11 is 0. The summed E-state index contributed by atoms with van der Waals surface area (Å²) in [5.41, 5.74) is 0.396. The molecule has 0 spiro atoms. The summed E-state index contributed by atoms with van der Waals surface area (Å²) in [5, 5.41) is 9.72. The maximum Gasteiger partial charge on any atom is 0.308 e. The van der Waals surface area contributed by atoms with Crippen LogP contribution in [0.15, 0.2) is 18.3 Å². The number of esters is 1. The lowest BCUT2D eigenvalue weighted by Crippen LogP contribution is -2.11. The van der Waals surface area contributed by atoms with Crippen molar-refractivity contribution in [1.82, 2.24) is 4.98 Å². The highest BCUT2D eigenvalue weighted by molar-refractivity contribution is 5.70. The van der Waals surface area contributed by atoms with Gasteiger partial charge in [-0.15, -0.1) is 0 Å². The number of rotatable bonds is 5. The standard InChI is InChI=1S/C11H15NO4/c1-3-16-11(14)7-10(13)9-6-8(15-2)4-5-12-9/h4-6,10,13H,3,7H2,1-2H3. The number of aromatic nitrogens is 1. The smallest absolute Gasteiger partial charge is 0.308 e. The Morgan fingerprint density at radius 3 is 3.00 bits per heavy atom. The summed E-state index contributed by atoms with van der Waals surface area (Å²) in [7, 11) is 1.52. The summed E-state index contributed by atoms with van der Waals surface area (Å²) in [6.45, 7) is 2.02. The average molecular weight is 225 g/mol. The van der Waals surface area contributed by atoms with Gasteiger partial charge in [0.1, 0.15) is 11.9 Å². The monoisotopic (exact) mass is 225 g/mol. The number of carbonyl (C=O) groups excluding carboxylic acids is 1. The molecule has 5 heteroatoms. The second-order valence-electron chi connectivity index (χ2n) is 3.15.